The summed E-state index contributed by atoms with van der Waals surface area (Å²) in [6, 6.07) is 3.85. The Morgan fingerprint density at radius 1 is 1.56 bits per heavy atom. The molecule has 7 heteroatoms. The quantitative estimate of drug-likeness (QED) is 0.254. The van der Waals surface area contributed by atoms with E-state index in [4.69, 9.17) is 10.9 Å². The number of oxime groups is 1. The van der Waals surface area contributed by atoms with Crippen molar-refractivity contribution >= 4 is 27.7 Å². The van der Waals surface area contributed by atoms with E-state index in [0.29, 0.717) is 29.4 Å². The van der Waals surface area contributed by atoms with Crippen molar-refractivity contribution in [1.29, 1.82) is 0 Å². The van der Waals surface area contributed by atoms with Gasteiger partial charge in [0, 0.05) is 17.4 Å². The number of carbonyl (C=O) groups excluding carboxylic acids is 1. The number of amidine groups is 1. The van der Waals surface area contributed by atoms with Gasteiger partial charge in [-0.3, -0.25) is 4.79 Å². The normalized spacial score (nSPS) is 11.3. The number of carbonyl (C=O) groups is 1. The summed E-state index contributed by atoms with van der Waals surface area (Å²) >= 11 is 3.12. The van der Waals surface area contributed by atoms with Gasteiger partial charge in [-0.05, 0) is 40.5 Å². The number of nitrogens with one attached hydrogen (secondary N) is 1. The second-order valence-corrected chi connectivity index (χ2v) is 4.43. The molecule has 4 N–H and O–H groups in total. The van der Waals surface area contributed by atoms with Crippen LogP contribution in [-0.4, -0.2) is 23.5 Å². The number of amides is 1. The van der Waals surface area contributed by atoms with Crippen LogP contribution in [0.4, 0.5) is 4.39 Å². The first-order valence-electron chi connectivity index (χ1n) is 5.24. The lowest BCUT2D eigenvalue weighted by atomic mass is 10.2. The first kappa shape index (κ1) is 14.4. The Bertz CT molecular complexity index is 466. The molecule has 1 aromatic rings. The van der Waals surface area contributed by atoms with Gasteiger partial charge in [-0.25, -0.2) is 4.39 Å². The summed E-state index contributed by atoms with van der Waals surface area (Å²) in [6.07, 6.45) is 0.946. The van der Waals surface area contributed by atoms with E-state index in [1.807, 2.05) is 0 Å². The zero-order valence-electron chi connectivity index (χ0n) is 9.49. The molecular formula is C11H13BrFN3O2. The SMILES string of the molecule is NC(CCCNC(=O)c1ccc(F)cc1Br)=NO. The summed E-state index contributed by atoms with van der Waals surface area (Å²) < 4.78 is 13.2. The van der Waals surface area contributed by atoms with E-state index >= 15 is 0 Å². The van der Waals surface area contributed by atoms with Crippen LogP contribution >= 0.6 is 15.9 Å². The molecule has 0 bridgehead atoms. The molecule has 0 unspecified atom stereocenters. The lowest BCUT2D eigenvalue weighted by Crippen LogP contribution is -2.26. The molecule has 5 nitrogen and oxygen atoms in total. The van der Waals surface area contributed by atoms with Gasteiger partial charge in [0.15, 0.2) is 0 Å². The van der Waals surface area contributed by atoms with E-state index in [9.17, 15) is 9.18 Å². The molecule has 0 aromatic heterocycles. The van der Waals surface area contributed by atoms with Crippen LogP contribution in [0.5, 0.6) is 0 Å². The Hall–Kier alpha value is -1.63. The molecule has 0 spiro atoms. The van der Waals surface area contributed by atoms with E-state index in [-0.39, 0.29) is 11.7 Å². The highest BCUT2D eigenvalue weighted by Crippen LogP contribution is 2.17. The molecule has 1 rings (SSSR count). The number of benzene rings is 1. The second kappa shape index (κ2) is 6.95. The number of hydrogen-bond acceptors (Lipinski definition) is 3. The van der Waals surface area contributed by atoms with Crippen LogP contribution in [0.1, 0.15) is 23.2 Å². The molecule has 18 heavy (non-hydrogen) atoms. The Morgan fingerprint density at radius 3 is 2.89 bits per heavy atom. The van der Waals surface area contributed by atoms with Gasteiger partial charge in [-0.2, -0.15) is 0 Å². The molecule has 0 aliphatic heterocycles. The number of halogens is 2. The van der Waals surface area contributed by atoms with Crippen molar-refractivity contribution < 1.29 is 14.4 Å². The predicted molar refractivity (Wildman–Crippen MR) is 69.1 cm³/mol. The number of nitrogens with two attached hydrogens (primary N) is 1. The third kappa shape index (κ3) is 4.33. The molecule has 0 aliphatic carbocycles. The van der Waals surface area contributed by atoms with Crippen molar-refractivity contribution in [2.45, 2.75) is 12.8 Å². The number of rotatable bonds is 5. The van der Waals surface area contributed by atoms with Crippen LogP contribution in [0.15, 0.2) is 27.8 Å². The van der Waals surface area contributed by atoms with Gasteiger partial charge in [0.1, 0.15) is 11.7 Å². The fraction of sp³-hybridized carbons (Fsp3) is 0.273. The van der Waals surface area contributed by atoms with Crippen LogP contribution in [0.25, 0.3) is 0 Å². The zero-order chi connectivity index (χ0) is 13.5. The lowest BCUT2D eigenvalue weighted by molar-refractivity contribution is 0.0952. The molecule has 0 fully saturated rings. The van der Waals surface area contributed by atoms with E-state index in [2.05, 4.69) is 26.4 Å². The van der Waals surface area contributed by atoms with Crippen molar-refractivity contribution in [2.75, 3.05) is 6.54 Å². The van der Waals surface area contributed by atoms with Gasteiger partial charge in [0.05, 0.1) is 5.56 Å². The van der Waals surface area contributed by atoms with Crippen molar-refractivity contribution in [1.82, 2.24) is 5.32 Å². The number of nitrogens with zero attached hydrogens (tertiary/aromatic N) is 1. The lowest BCUT2D eigenvalue weighted by Gasteiger charge is -2.06. The highest BCUT2D eigenvalue weighted by Gasteiger charge is 2.09. The van der Waals surface area contributed by atoms with Crippen LogP contribution in [0.3, 0.4) is 0 Å². The van der Waals surface area contributed by atoms with Gasteiger partial charge >= 0.3 is 0 Å². The maximum absolute atomic E-state index is 12.8. The minimum atomic E-state index is -0.412. The molecule has 0 saturated heterocycles. The van der Waals surface area contributed by atoms with Crippen molar-refractivity contribution in [3.63, 3.8) is 0 Å². The van der Waals surface area contributed by atoms with Gasteiger partial charge in [-0.15, -0.1) is 0 Å². The van der Waals surface area contributed by atoms with Crippen LogP contribution < -0.4 is 11.1 Å². The minimum absolute atomic E-state index is 0.118. The Morgan fingerprint density at radius 2 is 2.28 bits per heavy atom. The van der Waals surface area contributed by atoms with E-state index < -0.39 is 5.82 Å². The smallest absolute Gasteiger partial charge is 0.252 e. The maximum Gasteiger partial charge on any atom is 0.252 e. The van der Waals surface area contributed by atoms with Crippen molar-refractivity contribution in [2.24, 2.45) is 10.9 Å². The molecule has 1 amide bonds. The van der Waals surface area contributed by atoms with E-state index in [1.165, 1.54) is 18.2 Å². The second-order valence-electron chi connectivity index (χ2n) is 3.57. The van der Waals surface area contributed by atoms with Crippen LogP contribution in [0.2, 0.25) is 0 Å². The Labute approximate surface area is 112 Å². The zero-order valence-corrected chi connectivity index (χ0v) is 11.1. The molecule has 0 radical (unpaired) electrons. The summed E-state index contributed by atoms with van der Waals surface area (Å²) in [7, 11) is 0. The third-order valence-corrected chi connectivity index (χ3v) is 2.86. The molecule has 0 heterocycles. The van der Waals surface area contributed by atoms with Gasteiger partial charge in [-0.1, -0.05) is 5.16 Å². The molecule has 98 valence electrons. The van der Waals surface area contributed by atoms with E-state index in [1.54, 1.807) is 0 Å². The molecule has 0 atom stereocenters. The highest BCUT2D eigenvalue weighted by atomic mass is 79.9. The number of hydrogen-bond donors (Lipinski definition) is 3. The maximum atomic E-state index is 12.8. The first-order valence-corrected chi connectivity index (χ1v) is 6.03. The minimum Gasteiger partial charge on any atom is -0.409 e. The average Bonchev–Trinajstić information content (AvgIpc) is 2.34. The fourth-order valence-electron chi connectivity index (χ4n) is 1.29. The van der Waals surface area contributed by atoms with Crippen molar-refractivity contribution in [3.05, 3.63) is 34.1 Å². The molecule has 1 aromatic carbocycles. The summed E-state index contributed by atoms with van der Waals surface area (Å²) in [4.78, 5) is 11.7. The van der Waals surface area contributed by atoms with Crippen molar-refractivity contribution in [3.8, 4) is 0 Å². The largest absolute Gasteiger partial charge is 0.409 e. The summed E-state index contributed by atoms with van der Waals surface area (Å²) in [5, 5.41) is 13.8. The summed E-state index contributed by atoms with van der Waals surface area (Å²) in [5.41, 5.74) is 5.64. The third-order valence-electron chi connectivity index (χ3n) is 2.20. The first-order chi connectivity index (χ1) is 8.54. The Kier molecular flexibility index (Phi) is 5.57. The van der Waals surface area contributed by atoms with Crippen LogP contribution in [0, 0.1) is 5.82 Å². The fourth-order valence-corrected chi connectivity index (χ4v) is 1.82. The Balaban J connectivity index is 2.46. The monoisotopic (exact) mass is 317 g/mol. The predicted octanol–water partition coefficient (Wildman–Crippen LogP) is 1.84. The van der Waals surface area contributed by atoms with Gasteiger partial charge in [0.2, 0.25) is 0 Å². The van der Waals surface area contributed by atoms with Crippen LogP contribution in [-0.2, 0) is 0 Å². The highest BCUT2D eigenvalue weighted by molar-refractivity contribution is 9.10. The van der Waals surface area contributed by atoms with E-state index in [0.717, 1.165) is 0 Å². The summed E-state index contributed by atoms with van der Waals surface area (Å²) in [6.45, 7) is 0.388. The average molecular weight is 318 g/mol. The molecular weight excluding hydrogens is 305 g/mol. The van der Waals surface area contributed by atoms with Gasteiger partial charge in [0.25, 0.3) is 5.91 Å². The molecule has 0 saturated carbocycles. The standard InChI is InChI=1S/C11H13BrFN3O2/c12-9-6-7(13)3-4-8(9)11(17)15-5-1-2-10(14)16-18/h3-4,6,18H,1-2,5H2,(H2,14,16)(H,15,17). The summed E-state index contributed by atoms with van der Waals surface area (Å²) in [5.74, 6) is -0.598. The van der Waals surface area contributed by atoms with Gasteiger partial charge < -0.3 is 16.3 Å². The molecule has 0 aliphatic rings. The topological polar surface area (TPSA) is 87.7 Å².